The first-order valence-electron chi connectivity index (χ1n) is 23.5. The van der Waals surface area contributed by atoms with Gasteiger partial charge in [0.2, 0.25) is 11.8 Å². The van der Waals surface area contributed by atoms with Crippen molar-refractivity contribution in [3.63, 3.8) is 0 Å². The number of rotatable bonds is 12. The average Bonchev–Trinajstić information content (AvgIpc) is 4.21. The maximum atomic E-state index is 15.7. The zero-order valence-electron chi connectivity index (χ0n) is 36.6. The molecule has 9 fully saturated rings. The van der Waals surface area contributed by atoms with Gasteiger partial charge in [0.25, 0.3) is 0 Å². The number of hydrogen-bond donors (Lipinski definition) is 2. The van der Waals surface area contributed by atoms with Gasteiger partial charge in [0, 0.05) is 38.3 Å². The third-order valence-corrected chi connectivity index (χ3v) is 16.7. The number of carbonyl (C=O) groups is 3. The number of hydrogen-bond acceptors (Lipinski definition) is 10. The lowest BCUT2D eigenvalue weighted by Crippen LogP contribution is -2.70. The van der Waals surface area contributed by atoms with E-state index in [9.17, 15) is 14.7 Å². The monoisotopic (exact) mass is 849 g/mol. The lowest BCUT2D eigenvalue weighted by molar-refractivity contribution is -0.235. The molecule has 62 heavy (non-hydrogen) atoms. The minimum absolute atomic E-state index is 0.0223. The molecule has 0 radical (unpaired) electrons. The molecule has 5 saturated carbocycles. The molecule has 0 aromatic heterocycles. The summed E-state index contributed by atoms with van der Waals surface area (Å²) in [7, 11) is 1.65. The summed E-state index contributed by atoms with van der Waals surface area (Å²) in [5.74, 6) is -0.347. The highest BCUT2D eigenvalue weighted by Gasteiger charge is 2.78. The van der Waals surface area contributed by atoms with Crippen LogP contribution in [0.2, 0.25) is 0 Å². The van der Waals surface area contributed by atoms with E-state index in [0.29, 0.717) is 23.4 Å². The number of aliphatic hydroxyl groups is 1. The van der Waals surface area contributed by atoms with Crippen molar-refractivity contribution in [2.24, 2.45) is 34.5 Å². The number of likely N-dealkylation sites (N-methyl/N-ethyl adjacent to an activating group) is 1. The first-order valence-corrected chi connectivity index (χ1v) is 23.5. The van der Waals surface area contributed by atoms with Crippen LogP contribution in [0.3, 0.4) is 0 Å². The van der Waals surface area contributed by atoms with E-state index >= 15 is 4.79 Å². The van der Waals surface area contributed by atoms with E-state index < -0.39 is 53.7 Å². The minimum Gasteiger partial charge on any atom is -0.458 e. The number of benzene rings is 2. The van der Waals surface area contributed by atoms with E-state index in [4.69, 9.17) is 23.8 Å². The van der Waals surface area contributed by atoms with E-state index in [0.717, 1.165) is 61.6 Å². The largest absolute Gasteiger partial charge is 0.458 e. The van der Waals surface area contributed by atoms with Gasteiger partial charge in [0.05, 0.1) is 24.9 Å². The first kappa shape index (κ1) is 41.1. The van der Waals surface area contributed by atoms with E-state index in [1.807, 2.05) is 30.3 Å². The fourth-order valence-corrected chi connectivity index (χ4v) is 13.0. The maximum Gasteiger partial charge on any atom is 0.327 e. The highest BCUT2D eigenvalue weighted by molar-refractivity contribution is 5.96. The second kappa shape index (κ2) is 15.0. The van der Waals surface area contributed by atoms with Gasteiger partial charge in [-0.15, -0.1) is 0 Å². The number of nitrogens with one attached hydrogen (secondary N) is 1. The lowest BCUT2D eigenvalue weighted by atomic mass is 9.52. The zero-order chi connectivity index (χ0) is 42.8. The van der Waals surface area contributed by atoms with E-state index in [1.54, 1.807) is 12.1 Å². The van der Waals surface area contributed by atoms with Crippen LogP contribution in [0.4, 0.5) is 0 Å². The molecule has 2 N–H and O–H groups in total. The number of carbonyl (C=O) groups excluding carboxylic acids is 3. The molecule has 11 rings (SSSR count). The van der Waals surface area contributed by atoms with Crippen LogP contribution in [0.5, 0.6) is 0 Å². The second-order valence-electron chi connectivity index (χ2n) is 21.2. The van der Waals surface area contributed by atoms with Crippen LogP contribution < -0.4 is 5.32 Å². The van der Waals surface area contributed by atoms with Crippen molar-refractivity contribution in [2.45, 2.75) is 152 Å². The summed E-state index contributed by atoms with van der Waals surface area (Å²) >= 11 is 0. The predicted octanol–water partition coefficient (Wildman–Crippen LogP) is 5.74. The molecule has 2 aromatic carbocycles. The summed E-state index contributed by atoms with van der Waals surface area (Å²) in [5.41, 5.74) is 3.35. The molecule has 2 bridgehead atoms. The third kappa shape index (κ3) is 6.71. The SMILES string of the molecule is CN(C(=O)C12CC3OC(=O)C1N(Cc1cccc(C=C4CCC5OC5(C)CCC5C4CC5(C)C)c1)OC2C1OC(C2CC2)(C2CC2)OC31)C(Cc1ccccc1)C(=O)NCCO. The number of allylic oxidation sites excluding steroid dienone is 1. The van der Waals surface area contributed by atoms with Crippen molar-refractivity contribution >= 4 is 23.9 Å². The predicted molar refractivity (Wildman–Crippen MR) is 227 cm³/mol. The van der Waals surface area contributed by atoms with Crippen LogP contribution in [0.25, 0.3) is 6.08 Å². The molecule has 4 aliphatic heterocycles. The summed E-state index contributed by atoms with van der Waals surface area (Å²) in [4.78, 5) is 52.7. The second-order valence-corrected chi connectivity index (χ2v) is 21.2. The zero-order valence-corrected chi connectivity index (χ0v) is 36.6. The molecule has 9 aliphatic rings. The maximum absolute atomic E-state index is 15.7. The molecule has 0 spiro atoms. The highest BCUT2D eigenvalue weighted by atomic mass is 16.8. The van der Waals surface area contributed by atoms with Gasteiger partial charge in [-0.2, -0.15) is 5.06 Å². The van der Waals surface area contributed by atoms with Gasteiger partial charge in [-0.1, -0.05) is 80.1 Å². The van der Waals surface area contributed by atoms with Gasteiger partial charge < -0.3 is 34.3 Å². The van der Waals surface area contributed by atoms with Crippen LogP contribution in [0, 0.1) is 34.5 Å². The smallest absolute Gasteiger partial charge is 0.327 e. The van der Waals surface area contributed by atoms with Crippen LogP contribution in [-0.2, 0) is 51.1 Å². The van der Waals surface area contributed by atoms with Crippen molar-refractivity contribution < 1.29 is 43.3 Å². The summed E-state index contributed by atoms with van der Waals surface area (Å²) in [6.45, 7) is 7.17. The van der Waals surface area contributed by atoms with E-state index in [1.165, 1.54) is 23.3 Å². The molecule has 2 amide bonds. The summed E-state index contributed by atoms with van der Waals surface area (Å²) in [6, 6.07) is 16.0. The number of esters is 1. The molecule has 11 unspecified atom stereocenters. The molecular formula is C50H63N3O9. The van der Waals surface area contributed by atoms with Crippen LogP contribution in [0.1, 0.15) is 102 Å². The van der Waals surface area contributed by atoms with E-state index in [2.05, 4.69) is 56.4 Å². The van der Waals surface area contributed by atoms with Crippen molar-refractivity contribution in [3.05, 3.63) is 76.9 Å². The van der Waals surface area contributed by atoms with Crippen LogP contribution in [-0.4, -0.2) is 107 Å². The fourth-order valence-electron chi connectivity index (χ4n) is 13.0. The van der Waals surface area contributed by atoms with Gasteiger partial charge in [-0.25, -0.2) is 0 Å². The number of hydroxylamine groups is 2. The number of fused-ring (bicyclic) bond motifs is 6. The normalized spacial score (nSPS) is 38.5. The highest BCUT2D eigenvalue weighted by Crippen LogP contribution is 2.64. The third-order valence-electron chi connectivity index (χ3n) is 16.7. The van der Waals surface area contributed by atoms with E-state index in [-0.39, 0.29) is 61.8 Å². The van der Waals surface area contributed by atoms with Gasteiger partial charge in [-0.3, -0.25) is 19.2 Å². The summed E-state index contributed by atoms with van der Waals surface area (Å²) in [6.07, 6.45) is 9.96. The van der Waals surface area contributed by atoms with Gasteiger partial charge >= 0.3 is 5.97 Å². The Bertz CT molecular complexity index is 2120. The molecule has 11 atom stereocenters. The quantitative estimate of drug-likeness (QED) is 0.201. The Morgan fingerprint density at radius 3 is 2.40 bits per heavy atom. The molecule has 12 heteroatoms. The standard InChI is InChI=1S/C50H63N3O9/c1-47(2)26-35-32(13-18-39-48(3,59-39)20-19-36(35)47)24-30-11-8-12-31(23-30)28-53-42-45(56)58-38-27-49(42,43(62-53)41-40(38)60-50(61-41,33-14-15-33)34-16-17-34)46(57)52(4)37(44(55)51-21-22-54)25-29-9-6-5-7-10-29/h5-12,23-24,33-43,54H,13-22,25-28H2,1-4H3,(H,51,55). The Labute approximate surface area is 364 Å². The molecule has 2 aromatic rings. The Morgan fingerprint density at radius 2 is 1.68 bits per heavy atom. The number of nitrogens with zero attached hydrogens (tertiary/aromatic N) is 2. The van der Waals surface area contributed by atoms with Crippen LogP contribution in [0.15, 0.2) is 60.2 Å². The Hall–Kier alpha value is -3.65. The van der Waals surface area contributed by atoms with Gasteiger partial charge in [-0.05, 0) is 98.7 Å². The van der Waals surface area contributed by atoms with Gasteiger partial charge in [0.1, 0.15) is 35.9 Å². The molecule has 5 aliphatic carbocycles. The van der Waals surface area contributed by atoms with Crippen molar-refractivity contribution in [2.75, 3.05) is 20.2 Å². The average molecular weight is 850 g/mol. The molecular weight excluding hydrogens is 787 g/mol. The van der Waals surface area contributed by atoms with Gasteiger partial charge in [0.15, 0.2) is 11.8 Å². The summed E-state index contributed by atoms with van der Waals surface area (Å²) in [5, 5.41) is 14.1. The molecule has 4 saturated heterocycles. The fraction of sp³-hybridized carbons (Fsp3) is 0.660. The molecule has 12 nitrogen and oxygen atoms in total. The number of epoxide rings is 1. The first-order chi connectivity index (χ1) is 29.8. The Kier molecular flexibility index (Phi) is 9.91. The minimum atomic E-state index is -1.42. The van der Waals surface area contributed by atoms with Crippen molar-refractivity contribution in [1.29, 1.82) is 0 Å². The van der Waals surface area contributed by atoms with Crippen molar-refractivity contribution in [3.8, 4) is 0 Å². The summed E-state index contributed by atoms with van der Waals surface area (Å²) < 4.78 is 26.7. The molecule has 332 valence electrons. The number of amides is 2. The Morgan fingerprint density at radius 1 is 0.935 bits per heavy atom. The van der Waals surface area contributed by atoms with Crippen LogP contribution >= 0.6 is 0 Å². The Balaban J connectivity index is 0.929. The topological polar surface area (TPSA) is 139 Å². The lowest BCUT2D eigenvalue weighted by Gasteiger charge is -2.53. The molecule has 4 heterocycles. The number of aliphatic hydroxyl groups excluding tert-OH is 1. The number of ether oxygens (including phenoxy) is 4. The van der Waals surface area contributed by atoms with Crippen molar-refractivity contribution in [1.82, 2.24) is 15.3 Å².